The maximum absolute atomic E-state index is 12.8. The Morgan fingerprint density at radius 2 is 1.57 bits per heavy atom. The highest BCUT2D eigenvalue weighted by Gasteiger charge is 2.25. The molecule has 0 aliphatic carbocycles. The van der Waals surface area contributed by atoms with Gasteiger partial charge in [0.25, 0.3) is 0 Å². The Balaban J connectivity index is 1.99. The minimum atomic E-state index is -3.49. The fraction of sp³-hybridized carbons (Fsp3) is 0.250. The van der Waals surface area contributed by atoms with Gasteiger partial charge >= 0.3 is 0 Å². The molecule has 0 radical (unpaired) electrons. The Labute approximate surface area is 146 Å². The molecule has 4 nitrogen and oxygen atoms in total. The summed E-state index contributed by atoms with van der Waals surface area (Å²) in [5, 5.41) is 4.19. The summed E-state index contributed by atoms with van der Waals surface area (Å²) in [4.78, 5) is 0.285. The molecule has 1 aliphatic rings. The molecular formula is C16H16Cl2N2O2S. The van der Waals surface area contributed by atoms with Gasteiger partial charge in [-0.2, -0.15) is 4.31 Å². The van der Waals surface area contributed by atoms with Gasteiger partial charge in [-0.1, -0.05) is 35.3 Å². The molecule has 2 aromatic carbocycles. The highest BCUT2D eigenvalue weighted by Crippen LogP contribution is 2.29. The summed E-state index contributed by atoms with van der Waals surface area (Å²) in [5.41, 5.74) is 1.56. The molecule has 3 rings (SSSR count). The van der Waals surface area contributed by atoms with Crippen molar-refractivity contribution in [3.63, 3.8) is 0 Å². The van der Waals surface area contributed by atoms with Gasteiger partial charge < -0.3 is 5.32 Å². The van der Waals surface area contributed by atoms with Gasteiger partial charge in [0.1, 0.15) is 0 Å². The number of sulfonamides is 1. The minimum Gasteiger partial charge on any atom is -0.314 e. The van der Waals surface area contributed by atoms with Gasteiger partial charge in [-0.3, -0.25) is 0 Å². The second-order valence-corrected chi connectivity index (χ2v) is 8.15. The SMILES string of the molecule is O=S(=O)(c1cccc(-c2cc(Cl)cc(Cl)c2)c1)N1CCNCC1. The maximum Gasteiger partial charge on any atom is 0.243 e. The largest absolute Gasteiger partial charge is 0.314 e. The van der Waals surface area contributed by atoms with E-state index < -0.39 is 10.0 Å². The van der Waals surface area contributed by atoms with Crippen LogP contribution in [0.15, 0.2) is 47.4 Å². The first-order chi connectivity index (χ1) is 11.0. The molecule has 122 valence electrons. The van der Waals surface area contributed by atoms with Crippen LogP contribution in [0.2, 0.25) is 10.0 Å². The third-order valence-corrected chi connectivity index (χ3v) is 6.07. The summed E-state index contributed by atoms with van der Waals surface area (Å²) in [6.07, 6.45) is 0. The van der Waals surface area contributed by atoms with Crippen LogP contribution in [-0.2, 0) is 10.0 Å². The summed E-state index contributed by atoms with van der Waals surface area (Å²) in [6, 6.07) is 12.0. The molecule has 0 bridgehead atoms. The maximum atomic E-state index is 12.8. The van der Waals surface area contributed by atoms with E-state index in [0.29, 0.717) is 36.2 Å². The normalized spacial score (nSPS) is 16.4. The lowest BCUT2D eigenvalue weighted by Gasteiger charge is -2.26. The zero-order valence-electron chi connectivity index (χ0n) is 12.3. The van der Waals surface area contributed by atoms with E-state index in [2.05, 4.69) is 5.32 Å². The molecule has 0 aromatic heterocycles. The van der Waals surface area contributed by atoms with Crippen LogP contribution >= 0.6 is 23.2 Å². The number of benzene rings is 2. The van der Waals surface area contributed by atoms with Gasteiger partial charge in [0.2, 0.25) is 10.0 Å². The number of nitrogens with one attached hydrogen (secondary N) is 1. The average Bonchev–Trinajstić information content (AvgIpc) is 2.55. The van der Waals surface area contributed by atoms with Crippen molar-refractivity contribution in [1.29, 1.82) is 0 Å². The Kier molecular flexibility index (Phi) is 4.94. The third kappa shape index (κ3) is 3.70. The van der Waals surface area contributed by atoms with E-state index in [1.165, 1.54) is 4.31 Å². The molecule has 1 fully saturated rings. The molecule has 1 aliphatic heterocycles. The number of nitrogens with zero attached hydrogens (tertiary/aromatic N) is 1. The fourth-order valence-corrected chi connectivity index (χ4v) is 4.60. The van der Waals surface area contributed by atoms with Crippen LogP contribution in [0.4, 0.5) is 0 Å². The predicted molar refractivity (Wildman–Crippen MR) is 93.5 cm³/mol. The van der Waals surface area contributed by atoms with Crippen molar-refractivity contribution in [2.45, 2.75) is 4.90 Å². The number of hydrogen-bond acceptors (Lipinski definition) is 3. The molecule has 23 heavy (non-hydrogen) atoms. The summed E-state index contributed by atoms with van der Waals surface area (Å²) >= 11 is 12.1. The highest BCUT2D eigenvalue weighted by atomic mass is 35.5. The van der Waals surface area contributed by atoms with Crippen molar-refractivity contribution in [3.8, 4) is 11.1 Å². The molecule has 1 heterocycles. The zero-order valence-corrected chi connectivity index (χ0v) is 14.6. The lowest BCUT2D eigenvalue weighted by molar-refractivity contribution is 0.360. The summed E-state index contributed by atoms with van der Waals surface area (Å²) in [6.45, 7) is 2.30. The van der Waals surface area contributed by atoms with Crippen molar-refractivity contribution >= 4 is 33.2 Å². The molecule has 1 saturated heterocycles. The van der Waals surface area contributed by atoms with Crippen LogP contribution < -0.4 is 5.32 Å². The van der Waals surface area contributed by atoms with E-state index in [4.69, 9.17) is 23.2 Å². The second-order valence-electron chi connectivity index (χ2n) is 5.34. The van der Waals surface area contributed by atoms with Gasteiger partial charge in [0.05, 0.1) is 4.90 Å². The molecule has 0 spiro atoms. The first-order valence-electron chi connectivity index (χ1n) is 7.24. The van der Waals surface area contributed by atoms with Crippen LogP contribution in [0.1, 0.15) is 0 Å². The first kappa shape index (κ1) is 16.7. The van der Waals surface area contributed by atoms with E-state index >= 15 is 0 Å². The van der Waals surface area contributed by atoms with Crippen LogP contribution in [0.25, 0.3) is 11.1 Å². The fourth-order valence-electron chi connectivity index (χ4n) is 2.59. The quantitative estimate of drug-likeness (QED) is 0.901. The molecular weight excluding hydrogens is 355 g/mol. The van der Waals surface area contributed by atoms with Crippen LogP contribution in [0.3, 0.4) is 0 Å². The Bertz CT molecular complexity index is 798. The Morgan fingerprint density at radius 3 is 2.22 bits per heavy atom. The topological polar surface area (TPSA) is 49.4 Å². The van der Waals surface area contributed by atoms with E-state index in [0.717, 1.165) is 11.1 Å². The zero-order chi connectivity index (χ0) is 16.4. The van der Waals surface area contributed by atoms with Crippen molar-refractivity contribution in [2.24, 2.45) is 0 Å². The van der Waals surface area contributed by atoms with E-state index in [9.17, 15) is 8.42 Å². The van der Waals surface area contributed by atoms with Gasteiger partial charge in [-0.25, -0.2) is 8.42 Å². The summed E-state index contributed by atoms with van der Waals surface area (Å²) < 4.78 is 27.0. The standard InChI is InChI=1S/C16H16Cl2N2O2S/c17-14-8-13(9-15(18)11-14)12-2-1-3-16(10-12)23(21,22)20-6-4-19-5-7-20/h1-3,8-11,19H,4-7H2. The first-order valence-corrected chi connectivity index (χ1v) is 9.44. The number of halogens is 2. The van der Waals surface area contributed by atoms with Crippen molar-refractivity contribution in [3.05, 3.63) is 52.5 Å². The van der Waals surface area contributed by atoms with Gasteiger partial charge in [-0.05, 0) is 41.5 Å². The third-order valence-electron chi connectivity index (χ3n) is 3.74. The molecule has 2 aromatic rings. The second kappa shape index (κ2) is 6.79. The van der Waals surface area contributed by atoms with Crippen LogP contribution in [0.5, 0.6) is 0 Å². The van der Waals surface area contributed by atoms with Crippen molar-refractivity contribution < 1.29 is 8.42 Å². The average molecular weight is 371 g/mol. The van der Waals surface area contributed by atoms with E-state index in [1.54, 1.807) is 36.4 Å². The lowest BCUT2D eigenvalue weighted by atomic mass is 10.1. The predicted octanol–water partition coefficient (Wildman–Crippen LogP) is 3.25. The van der Waals surface area contributed by atoms with Crippen molar-refractivity contribution in [1.82, 2.24) is 9.62 Å². The molecule has 0 saturated carbocycles. The smallest absolute Gasteiger partial charge is 0.243 e. The Morgan fingerprint density at radius 1 is 0.913 bits per heavy atom. The lowest BCUT2D eigenvalue weighted by Crippen LogP contribution is -2.46. The van der Waals surface area contributed by atoms with E-state index in [1.807, 2.05) is 6.07 Å². The van der Waals surface area contributed by atoms with Crippen molar-refractivity contribution in [2.75, 3.05) is 26.2 Å². The molecule has 7 heteroatoms. The minimum absolute atomic E-state index is 0.285. The summed E-state index contributed by atoms with van der Waals surface area (Å²) in [7, 11) is -3.49. The number of hydrogen-bond donors (Lipinski definition) is 1. The van der Waals surface area contributed by atoms with E-state index in [-0.39, 0.29) is 4.90 Å². The molecule has 0 amide bonds. The van der Waals surface area contributed by atoms with Gasteiger partial charge in [0.15, 0.2) is 0 Å². The molecule has 1 N–H and O–H groups in total. The monoisotopic (exact) mass is 370 g/mol. The summed E-state index contributed by atoms with van der Waals surface area (Å²) in [5.74, 6) is 0. The van der Waals surface area contributed by atoms with Crippen LogP contribution in [0, 0.1) is 0 Å². The van der Waals surface area contributed by atoms with Gasteiger partial charge in [-0.15, -0.1) is 0 Å². The number of rotatable bonds is 3. The Hall–Kier alpha value is -1.11. The number of piperazine rings is 1. The van der Waals surface area contributed by atoms with Crippen LogP contribution in [-0.4, -0.2) is 38.9 Å². The highest BCUT2D eigenvalue weighted by molar-refractivity contribution is 7.89. The molecule has 0 atom stereocenters. The molecule has 0 unspecified atom stereocenters. The van der Waals surface area contributed by atoms with Gasteiger partial charge in [0, 0.05) is 36.2 Å².